The van der Waals surface area contributed by atoms with Crippen molar-refractivity contribution < 1.29 is 14.3 Å². The minimum Gasteiger partial charge on any atom is -0.481 e. The fraction of sp³-hybridized carbons (Fsp3) is 0.458. The molecule has 1 amide bonds. The summed E-state index contributed by atoms with van der Waals surface area (Å²) >= 11 is 0. The highest BCUT2D eigenvalue weighted by Crippen LogP contribution is 2.30. The molecule has 1 fully saturated rings. The van der Waals surface area contributed by atoms with E-state index >= 15 is 0 Å². The number of anilines is 1. The van der Waals surface area contributed by atoms with Gasteiger partial charge >= 0.3 is 0 Å². The van der Waals surface area contributed by atoms with Crippen LogP contribution in [0.3, 0.4) is 0 Å². The second-order valence-corrected chi connectivity index (χ2v) is 7.84. The lowest BCUT2D eigenvalue weighted by molar-refractivity contribution is -0.127. The Balaban J connectivity index is 1.30. The predicted molar refractivity (Wildman–Crippen MR) is 114 cm³/mol. The molecular formula is C24H30N2O3. The molecular weight excluding hydrogens is 364 g/mol. The van der Waals surface area contributed by atoms with Crippen molar-refractivity contribution >= 4 is 11.6 Å². The highest BCUT2D eigenvalue weighted by atomic mass is 16.5. The van der Waals surface area contributed by atoms with Crippen LogP contribution in [0, 0.1) is 0 Å². The van der Waals surface area contributed by atoms with E-state index in [0.717, 1.165) is 50.5 Å². The summed E-state index contributed by atoms with van der Waals surface area (Å²) in [6.07, 6.45) is 4.05. The van der Waals surface area contributed by atoms with Crippen molar-refractivity contribution in [2.75, 3.05) is 31.2 Å². The lowest BCUT2D eigenvalue weighted by atomic mass is 9.91. The standard InChI is InChI=1S/C24H30N2O3/c1-18(29-23-8-4-6-20-5-2-3-7-22(20)23)24(27)25-17-19-9-11-21(12-10-19)26-13-15-28-16-14-26/h4,6,8-12,18H,2-3,5,7,13-17H2,1H3,(H,25,27)/t18-/m1/s1. The lowest BCUT2D eigenvalue weighted by Gasteiger charge is -2.29. The third-order valence-corrected chi connectivity index (χ3v) is 5.81. The molecule has 0 bridgehead atoms. The van der Waals surface area contributed by atoms with Gasteiger partial charge in [0.15, 0.2) is 6.10 Å². The highest BCUT2D eigenvalue weighted by molar-refractivity contribution is 5.80. The molecule has 0 saturated carbocycles. The summed E-state index contributed by atoms with van der Waals surface area (Å²) in [6.45, 7) is 5.73. The van der Waals surface area contributed by atoms with Gasteiger partial charge in [-0.3, -0.25) is 4.79 Å². The van der Waals surface area contributed by atoms with Gasteiger partial charge in [-0.1, -0.05) is 24.3 Å². The van der Waals surface area contributed by atoms with Crippen LogP contribution >= 0.6 is 0 Å². The summed E-state index contributed by atoms with van der Waals surface area (Å²) in [4.78, 5) is 14.9. The second-order valence-electron chi connectivity index (χ2n) is 7.84. The van der Waals surface area contributed by atoms with Crippen molar-refractivity contribution in [1.82, 2.24) is 5.32 Å². The molecule has 1 aliphatic heterocycles. The van der Waals surface area contributed by atoms with Crippen LogP contribution in [-0.2, 0) is 28.9 Å². The molecule has 0 spiro atoms. The third kappa shape index (κ3) is 4.91. The Labute approximate surface area is 173 Å². The fourth-order valence-electron chi connectivity index (χ4n) is 4.08. The molecule has 0 radical (unpaired) electrons. The van der Waals surface area contributed by atoms with Crippen LogP contribution in [0.5, 0.6) is 5.75 Å². The van der Waals surface area contributed by atoms with Crippen LogP contribution in [0.2, 0.25) is 0 Å². The number of ether oxygens (including phenoxy) is 2. The lowest BCUT2D eigenvalue weighted by Crippen LogP contribution is -2.36. The van der Waals surface area contributed by atoms with Gasteiger partial charge < -0.3 is 19.7 Å². The topological polar surface area (TPSA) is 50.8 Å². The number of fused-ring (bicyclic) bond motifs is 1. The average molecular weight is 395 g/mol. The Morgan fingerprint density at radius 2 is 1.86 bits per heavy atom. The Morgan fingerprint density at radius 3 is 2.66 bits per heavy atom. The van der Waals surface area contributed by atoms with Crippen LogP contribution in [0.15, 0.2) is 42.5 Å². The van der Waals surface area contributed by atoms with Gasteiger partial charge in [-0.2, -0.15) is 0 Å². The van der Waals surface area contributed by atoms with Gasteiger partial charge in [-0.15, -0.1) is 0 Å². The summed E-state index contributed by atoms with van der Waals surface area (Å²) in [5.74, 6) is 0.774. The van der Waals surface area contributed by atoms with Crippen LogP contribution in [0.4, 0.5) is 5.69 Å². The van der Waals surface area contributed by atoms with Crippen molar-refractivity contribution in [3.63, 3.8) is 0 Å². The molecule has 4 rings (SSSR count). The molecule has 2 aromatic carbocycles. The van der Waals surface area contributed by atoms with E-state index in [-0.39, 0.29) is 5.91 Å². The number of carbonyl (C=O) groups is 1. The average Bonchev–Trinajstić information content (AvgIpc) is 2.78. The van der Waals surface area contributed by atoms with E-state index in [1.54, 1.807) is 0 Å². The number of carbonyl (C=O) groups excluding carboxylic acids is 1. The number of nitrogens with zero attached hydrogens (tertiary/aromatic N) is 1. The van der Waals surface area contributed by atoms with Crippen LogP contribution in [0.1, 0.15) is 36.5 Å². The Kier molecular flexibility index (Phi) is 6.35. The van der Waals surface area contributed by atoms with Gasteiger partial charge in [0, 0.05) is 25.3 Å². The molecule has 0 unspecified atom stereocenters. The Morgan fingerprint density at radius 1 is 1.10 bits per heavy atom. The minimum absolute atomic E-state index is 0.0873. The predicted octanol–water partition coefficient (Wildman–Crippen LogP) is 3.49. The van der Waals surface area contributed by atoms with Gasteiger partial charge in [-0.25, -0.2) is 0 Å². The molecule has 2 aliphatic rings. The smallest absolute Gasteiger partial charge is 0.261 e. The van der Waals surface area contributed by atoms with E-state index in [2.05, 4.69) is 40.5 Å². The Bertz CT molecular complexity index is 829. The third-order valence-electron chi connectivity index (χ3n) is 5.81. The van der Waals surface area contributed by atoms with E-state index in [9.17, 15) is 4.79 Å². The second kappa shape index (κ2) is 9.31. The number of amides is 1. The number of aryl methyl sites for hydroxylation is 1. The van der Waals surface area contributed by atoms with Gasteiger partial charge in [0.05, 0.1) is 13.2 Å². The van der Waals surface area contributed by atoms with Crippen molar-refractivity contribution in [2.24, 2.45) is 0 Å². The quantitative estimate of drug-likeness (QED) is 0.815. The first-order chi connectivity index (χ1) is 14.2. The SMILES string of the molecule is C[C@@H](Oc1cccc2c1CCCC2)C(=O)NCc1ccc(N2CCOCC2)cc1. The monoisotopic (exact) mass is 394 g/mol. The molecule has 154 valence electrons. The summed E-state index contributed by atoms with van der Waals surface area (Å²) < 4.78 is 11.4. The number of rotatable bonds is 6. The molecule has 29 heavy (non-hydrogen) atoms. The zero-order chi connectivity index (χ0) is 20.1. The van der Waals surface area contributed by atoms with Crippen molar-refractivity contribution in [3.05, 3.63) is 59.2 Å². The molecule has 1 atom stereocenters. The normalized spacial score (nSPS) is 17.3. The van der Waals surface area contributed by atoms with E-state index in [1.807, 2.05) is 19.1 Å². The zero-order valence-electron chi connectivity index (χ0n) is 17.2. The number of hydrogen-bond donors (Lipinski definition) is 1. The molecule has 1 heterocycles. The first kappa shape index (κ1) is 19.8. The molecule has 1 aliphatic carbocycles. The van der Waals surface area contributed by atoms with Crippen molar-refractivity contribution in [3.8, 4) is 5.75 Å². The number of nitrogens with one attached hydrogen (secondary N) is 1. The zero-order valence-corrected chi connectivity index (χ0v) is 17.2. The van der Waals surface area contributed by atoms with E-state index in [1.165, 1.54) is 29.7 Å². The molecule has 0 aromatic heterocycles. The van der Waals surface area contributed by atoms with Crippen LogP contribution < -0.4 is 15.0 Å². The van der Waals surface area contributed by atoms with E-state index < -0.39 is 6.10 Å². The summed E-state index contributed by atoms with van der Waals surface area (Å²) in [5.41, 5.74) is 4.92. The number of benzene rings is 2. The Hall–Kier alpha value is -2.53. The minimum atomic E-state index is -0.518. The molecule has 5 heteroatoms. The molecule has 1 saturated heterocycles. The largest absolute Gasteiger partial charge is 0.481 e. The number of hydrogen-bond acceptors (Lipinski definition) is 4. The summed E-state index contributed by atoms with van der Waals surface area (Å²) in [6, 6.07) is 14.6. The van der Waals surface area contributed by atoms with E-state index in [4.69, 9.17) is 9.47 Å². The molecule has 2 aromatic rings. The summed E-state index contributed by atoms with van der Waals surface area (Å²) in [7, 11) is 0. The highest BCUT2D eigenvalue weighted by Gasteiger charge is 2.19. The molecule has 5 nitrogen and oxygen atoms in total. The number of morpholine rings is 1. The van der Waals surface area contributed by atoms with Gasteiger partial charge in [-0.05, 0) is 67.5 Å². The maximum absolute atomic E-state index is 12.5. The summed E-state index contributed by atoms with van der Waals surface area (Å²) in [5, 5.41) is 3.00. The van der Waals surface area contributed by atoms with Crippen molar-refractivity contribution in [2.45, 2.75) is 45.3 Å². The van der Waals surface area contributed by atoms with E-state index in [0.29, 0.717) is 6.54 Å². The fourth-order valence-corrected chi connectivity index (χ4v) is 4.08. The first-order valence-electron chi connectivity index (χ1n) is 10.7. The van der Waals surface area contributed by atoms with Gasteiger partial charge in [0.2, 0.25) is 0 Å². The van der Waals surface area contributed by atoms with Gasteiger partial charge in [0.25, 0.3) is 5.91 Å². The molecule has 1 N–H and O–H groups in total. The maximum atomic E-state index is 12.5. The first-order valence-corrected chi connectivity index (χ1v) is 10.7. The van der Waals surface area contributed by atoms with Gasteiger partial charge in [0.1, 0.15) is 5.75 Å². The van der Waals surface area contributed by atoms with Crippen molar-refractivity contribution in [1.29, 1.82) is 0 Å². The van der Waals surface area contributed by atoms with Crippen LogP contribution in [-0.4, -0.2) is 38.3 Å². The maximum Gasteiger partial charge on any atom is 0.261 e. The van der Waals surface area contributed by atoms with Crippen LogP contribution in [0.25, 0.3) is 0 Å².